The number of nitrogens with one attached hydrogen (secondary N) is 1. The smallest absolute Gasteiger partial charge is 0.311 e. The Balaban J connectivity index is 1.75. The van der Waals surface area contributed by atoms with Gasteiger partial charge in [-0.05, 0) is 58.6 Å². The minimum Gasteiger partial charge on any atom is -0.502 e. The third-order valence-corrected chi connectivity index (χ3v) is 4.43. The number of hydrazone groups is 1. The first-order valence-electron chi connectivity index (χ1n) is 8.61. The molecule has 0 aliphatic rings. The summed E-state index contributed by atoms with van der Waals surface area (Å²) < 4.78 is 6.53. The lowest BCUT2D eigenvalue weighted by molar-refractivity contribution is -0.385. The van der Waals surface area contributed by atoms with E-state index >= 15 is 0 Å². The van der Waals surface area contributed by atoms with Crippen molar-refractivity contribution in [2.75, 3.05) is 6.61 Å². The van der Waals surface area contributed by atoms with Crippen LogP contribution in [0.3, 0.4) is 0 Å². The number of hydrogen-bond acceptors (Lipinski definition) is 6. The molecule has 0 atom stereocenters. The second-order valence-electron chi connectivity index (χ2n) is 5.87. The molecule has 0 bridgehead atoms. The van der Waals surface area contributed by atoms with Crippen molar-refractivity contribution in [2.24, 2.45) is 5.10 Å². The van der Waals surface area contributed by atoms with Crippen LogP contribution in [0.4, 0.5) is 5.69 Å². The maximum absolute atomic E-state index is 11.8. The van der Waals surface area contributed by atoms with Gasteiger partial charge >= 0.3 is 5.69 Å². The van der Waals surface area contributed by atoms with Gasteiger partial charge in [0.1, 0.15) is 5.75 Å². The lowest BCUT2D eigenvalue weighted by Crippen LogP contribution is -2.18. The molecule has 0 saturated heterocycles. The number of aromatic hydroxyl groups is 1. The SMILES string of the molecule is CCc1ccc(OCCCC(=O)N/N=C/c2ccc(O)c([N+](=O)[O-])c2)c(Br)c1. The van der Waals surface area contributed by atoms with Crippen LogP contribution in [0, 0.1) is 10.1 Å². The highest BCUT2D eigenvalue weighted by molar-refractivity contribution is 9.10. The van der Waals surface area contributed by atoms with Crippen molar-refractivity contribution < 1.29 is 19.6 Å². The van der Waals surface area contributed by atoms with Crippen molar-refractivity contribution in [2.45, 2.75) is 26.2 Å². The molecule has 0 spiro atoms. The van der Waals surface area contributed by atoms with Crippen molar-refractivity contribution in [1.29, 1.82) is 0 Å². The number of nitro benzene ring substituents is 1. The molecule has 2 N–H and O–H groups in total. The Morgan fingerprint density at radius 3 is 2.82 bits per heavy atom. The molecule has 2 aromatic rings. The fourth-order valence-corrected chi connectivity index (χ4v) is 2.84. The van der Waals surface area contributed by atoms with Crippen molar-refractivity contribution in [3.05, 3.63) is 62.1 Å². The number of ether oxygens (including phenoxy) is 1. The Kier molecular flexibility index (Phi) is 7.94. The summed E-state index contributed by atoms with van der Waals surface area (Å²) in [6, 6.07) is 9.71. The Hall–Kier alpha value is -2.94. The first kappa shape index (κ1) is 21.4. The number of aryl methyl sites for hydroxylation is 1. The zero-order valence-electron chi connectivity index (χ0n) is 15.2. The molecule has 2 aromatic carbocycles. The summed E-state index contributed by atoms with van der Waals surface area (Å²) in [7, 11) is 0. The van der Waals surface area contributed by atoms with Crippen LogP contribution >= 0.6 is 15.9 Å². The molecule has 0 saturated carbocycles. The third-order valence-electron chi connectivity index (χ3n) is 3.81. The molecule has 1 amide bonds. The lowest BCUT2D eigenvalue weighted by atomic mass is 10.2. The Bertz CT molecular complexity index is 886. The summed E-state index contributed by atoms with van der Waals surface area (Å²) in [5.41, 5.74) is 3.51. The van der Waals surface area contributed by atoms with Crippen molar-refractivity contribution in [3.8, 4) is 11.5 Å². The van der Waals surface area contributed by atoms with Gasteiger partial charge in [-0.2, -0.15) is 5.10 Å². The van der Waals surface area contributed by atoms with E-state index in [-0.39, 0.29) is 12.3 Å². The number of nitro groups is 1. The fraction of sp³-hybridized carbons (Fsp3) is 0.263. The van der Waals surface area contributed by atoms with Gasteiger partial charge in [0, 0.05) is 18.1 Å². The molecule has 0 unspecified atom stereocenters. The predicted octanol–water partition coefficient (Wildman–Crippen LogP) is 3.93. The number of halogens is 1. The van der Waals surface area contributed by atoms with Gasteiger partial charge in [0.2, 0.25) is 5.91 Å². The molecule has 0 aliphatic heterocycles. The first-order valence-corrected chi connectivity index (χ1v) is 9.40. The number of benzene rings is 2. The van der Waals surface area contributed by atoms with E-state index in [9.17, 15) is 20.0 Å². The summed E-state index contributed by atoms with van der Waals surface area (Å²) >= 11 is 3.46. The van der Waals surface area contributed by atoms with E-state index in [1.54, 1.807) is 0 Å². The molecule has 0 fully saturated rings. The second kappa shape index (κ2) is 10.4. The summed E-state index contributed by atoms with van der Waals surface area (Å²) in [6.45, 7) is 2.46. The van der Waals surface area contributed by atoms with Crippen LogP contribution < -0.4 is 10.2 Å². The highest BCUT2D eigenvalue weighted by atomic mass is 79.9. The van der Waals surface area contributed by atoms with Gasteiger partial charge in [0.15, 0.2) is 5.75 Å². The van der Waals surface area contributed by atoms with Crippen molar-refractivity contribution in [3.63, 3.8) is 0 Å². The van der Waals surface area contributed by atoms with Gasteiger partial charge < -0.3 is 9.84 Å². The normalized spacial score (nSPS) is 10.8. The van der Waals surface area contributed by atoms with Gasteiger partial charge in [-0.25, -0.2) is 5.43 Å². The molecule has 0 aromatic heterocycles. The standard InChI is InChI=1S/C19H20BrN3O5/c1-2-13-6-8-18(15(20)10-13)28-9-3-4-19(25)22-21-12-14-5-7-17(24)16(11-14)23(26)27/h5-8,10-12,24H,2-4,9H2,1H3,(H,22,25)/b21-12+. The fourth-order valence-electron chi connectivity index (χ4n) is 2.30. The van der Waals surface area contributed by atoms with E-state index in [2.05, 4.69) is 33.4 Å². The topological polar surface area (TPSA) is 114 Å². The van der Waals surface area contributed by atoms with Crippen LogP contribution in [-0.2, 0) is 11.2 Å². The Morgan fingerprint density at radius 1 is 1.36 bits per heavy atom. The van der Waals surface area contributed by atoms with Gasteiger partial charge in [0.25, 0.3) is 0 Å². The van der Waals surface area contributed by atoms with Crippen molar-refractivity contribution >= 4 is 33.7 Å². The maximum atomic E-state index is 11.8. The zero-order valence-corrected chi connectivity index (χ0v) is 16.8. The summed E-state index contributed by atoms with van der Waals surface area (Å²) in [5, 5.41) is 23.9. The van der Waals surface area contributed by atoms with E-state index in [0.717, 1.165) is 16.6 Å². The predicted molar refractivity (Wildman–Crippen MR) is 109 cm³/mol. The highest BCUT2D eigenvalue weighted by Crippen LogP contribution is 2.27. The number of rotatable bonds is 9. The number of nitrogens with zero attached hydrogens (tertiary/aromatic N) is 2. The zero-order chi connectivity index (χ0) is 20.5. The van der Waals surface area contributed by atoms with E-state index in [1.165, 1.54) is 30.0 Å². The number of hydrogen-bond donors (Lipinski definition) is 2. The third kappa shape index (κ3) is 6.34. The quantitative estimate of drug-likeness (QED) is 0.260. The van der Waals surface area contributed by atoms with Crippen LogP contribution in [0.25, 0.3) is 0 Å². The largest absolute Gasteiger partial charge is 0.502 e. The van der Waals surface area contributed by atoms with Crippen LogP contribution in [0.15, 0.2) is 46.0 Å². The van der Waals surface area contributed by atoms with E-state index in [1.807, 2.05) is 18.2 Å². The van der Waals surface area contributed by atoms with Gasteiger partial charge in [-0.3, -0.25) is 14.9 Å². The molecular formula is C19H20BrN3O5. The molecule has 0 aliphatic carbocycles. The Morgan fingerprint density at radius 2 is 2.14 bits per heavy atom. The highest BCUT2D eigenvalue weighted by Gasteiger charge is 2.12. The molecule has 148 valence electrons. The molecule has 9 heteroatoms. The molecular weight excluding hydrogens is 430 g/mol. The Labute approximate surface area is 170 Å². The molecule has 0 heterocycles. The number of carbonyl (C=O) groups is 1. The minimum atomic E-state index is -0.695. The molecule has 2 rings (SSSR count). The number of phenols is 1. The average Bonchev–Trinajstić information content (AvgIpc) is 2.67. The minimum absolute atomic E-state index is 0.220. The van der Waals surface area contributed by atoms with Gasteiger partial charge in [-0.1, -0.05) is 13.0 Å². The van der Waals surface area contributed by atoms with E-state index in [0.29, 0.717) is 18.6 Å². The van der Waals surface area contributed by atoms with Crippen LogP contribution in [0.1, 0.15) is 30.9 Å². The van der Waals surface area contributed by atoms with Gasteiger partial charge in [-0.15, -0.1) is 0 Å². The summed E-state index contributed by atoms with van der Waals surface area (Å²) in [5.74, 6) is 0.000217. The maximum Gasteiger partial charge on any atom is 0.311 e. The monoisotopic (exact) mass is 449 g/mol. The first-order chi connectivity index (χ1) is 13.4. The summed E-state index contributed by atoms with van der Waals surface area (Å²) in [6.07, 6.45) is 2.94. The van der Waals surface area contributed by atoms with Crippen LogP contribution in [0.2, 0.25) is 0 Å². The lowest BCUT2D eigenvalue weighted by Gasteiger charge is -2.09. The number of carbonyl (C=O) groups excluding carboxylic acids is 1. The van der Waals surface area contributed by atoms with Crippen molar-refractivity contribution in [1.82, 2.24) is 5.43 Å². The molecule has 0 radical (unpaired) electrons. The molecule has 8 nitrogen and oxygen atoms in total. The average molecular weight is 450 g/mol. The number of amides is 1. The van der Waals surface area contributed by atoms with Crippen LogP contribution in [0.5, 0.6) is 11.5 Å². The second-order valence-corrected chi connectivity index (χ2v) is 6.72. The number of phenolic OH excluding ortho intramolecular Hbond substituents is 1. The van der Waals surface area contributed by atoms with E-state index < -0.39 is 16.4 Å². The van der Waals surface area contributed by atoms with Crippen LogP contribution in [-0.4, -0.2) is 28.8 Å². The van der Waals surface area contributed by atoms with E-state index in [4.69, 9.17) is 4.74 Å². The summed E-state index contributed by atoms with van der Waals surface area (Å²) in [4.78, 5) is 21.9. The molecule has 28 heavy (non-hydrogen) atoms. The van der Waals surface area contributed by atoms with Gasteiger partial charge in [0.05, 0.1) is 22.2 Å².